The summed E-state index contributed by atoms with van der Waals surface area (Å²) in [4.78, 5) is 26.9. The van der Waals surface area contributed by atoms with Gasteiger partial charge in [0.2, 0.25) is 0 Å². The van der Waals surface area contributed by atoms with Gasteiger partial charge < -0.3 is 0 Å². The van der Waals surface area contributed by atoms with Gasteiger partial charge >= 0.3 is 0 Å². The van der Waals surface area contributed by atoms with Crippen LogP contribution in [0.25, 0.3) is 164 Å². The molecule has 0 fully saturated rings. The molecule has 88 heavy (non-hydrogen) atoms. The van der Waals surface area contributed by atoms with Gasteiger partial charge in [-0.1, -0.05) is 237 Å². The Morgan fingerprint density at radius 2 is 0.534 bits per heavy atom. The van der Waals surface area contributed by atoms with Crippen LogP contribution >= 0.6 is 22.7 Å². The van der Waals surface area contributed by atoms with Crippen LogP contribution in [0.2, 0.25) is 0 Å². The molecule has 5 aromatic heterocycles. The SMILES string of the molecule is N#Cc1ccc(-c2ccc(-c3nc(-c4ccccc4)c(-c4ccc(-c5ccc6c(c5)sc5cc(-c7nc(-c8ccccc8)c(-c8ccccc8)nc7-c7ccc(-c8cccnc8)cc7)ccc56)cc4)nc3-c3ccc4c(c3)sc3ccccc34)cc2)cc1. The molecule has 11 aromatic carbocycles. The minimum Gasteiger partial charge on any atom is -0.264 e. The summed E-state index contributed by atoms with van der Waals surface area (Å²) >= 11 is 3.60. The molecule has 0 amide bonds. The summed E-state index contributed by atoms with van der Waals surface area (Å²) in [6.07, 6.45) is 3.70. The smallest absolute Gasteiger partial charge is 0.0991 e. The van der Waals surface area contributed by atoms with E-state index in [1.54, 1.807) is 28.9 Å². The molecule has 0 aliphatic carbocycles. The van der Waals surface area contributed by atoms with Crippen molar-refractivity contribution < 1.29 is 0 Å². The number of aromatic nitrogens is 5. The van der Waals surface area contributed by atoms with Gasteiger partial charge in [0, 0.05) is 97.2 Å². The number of benzene rings is 11. The molecule has 0 spiro atoms. The summed E-state index contributed by atoms with van der Waals surface area (Å²) in [7, 11) is 0. The molecular formula is C80H48N6S2. The predicted octanol–water partition coefficient (Wildman–Crippen LogP) is 21.6. The van der Waals surface area contributed by atoms with Crippen molar-refractivity contribution in [1.29, 1.82) is 5.26 Å². The first-order chi connectivity index (χ1) is 43.5. The molecule has 0 saturated heterocycles. The van der Waals surface area contributed by atoms with Crippen LogP contribution in [0.5, 0.6) is 0 Å². The Hall–Kier alpha value is -11.3. The van der Waals surface area contributed by atoms with Gasteiger partial charge in [0.05, 0.1) is 57.2 Å². The van der Waals surface area contributed by atoms with Crippen LogP contribution in [-0.2, 0) is 0 Å². The van der Waals surface area contributed by atoms with E-state index in [1.165, 1.54) is 40.3 Å². The highest BCUT2D eigenvalue weighted by Crippen LogP contribution is 2.45. The average molecular weight is 1160 g/mol. The van der Waals surface area contributed by atoms with Crippen LogP contribution in [0.15, 0.2) is 291 Å². The summed E-state index contributed by atoms with van der Waals surface area (Å²) in [6, 6.07) is 100.0. The average Bonchev–Trinajstić information content (AvgIpc) is 1.61. The van der Waals surface area contributed by atoms with Gasteiger partial charge in [-0.2, -0.15) is 5.26 Å². The van der Waals surface area contributed by atoms with Crippen LogP contribution in [0, 0.1) is 11.3 Å². The maximum absolute atomic E-state index is 9.46. The first-order valence-electron chi connectivity index (χ1n) is 29.1. The lowest BCUT2D eigenvalue weighted by Gasteiger charge is -2.17. The van der Waals surface area contributed by atoms with Crippen LogP contribution < -0.4 is 0 Å². The lowest BCUT2D eigenvalue weighted by Crippen LogP contribution is -2.01. The quantitative estimate of drug-likeness (QED) is 0.128. The van der Waals surface area contributed by atoms with Crippen molar-refractivity contribution in [3.05, 3.63) is 297 Å². The molecule has 410 valence electrons. The molecule has 16 aromatic rings. The van der Waals surface area contributed by atoms with E-state index < -0.39 is 0 Å². The zero-order valence-electron chi connectivity index (χ0n) is 47.2. The fraction of sp³-hybridized carbons (Fsp3) is 0. The first-order valence-corrected chi connectivity index (χ1v) is 30.8. The normalized spacial score (nSPS) is 11.4. The number of rotatable bonds is 11. The predicted molar refractivity (Wildman–Crippen MR) is 366 cm³/mol. The molecule has 0 aliphatic heterocycles. The fourth-order valence-electron chi connectivity index (χ4n) is 12.0. The van der Waals surface area contributed by atoms with Gasteiger partial charge in [0.15, 0.2) is 0 Å². The number of pyridine rings is 1. The van der Waals surface area contributed by atoms with Crippen molar-refractivity contribution in [2.45, 2.75) is 0 Å². The van der Waals surface area contributed by atoms with Crippen molar-refractivity contribution >= 4 is 63.0 Å². The van der Waals surface area contributed by atoms with Crippen molar-refractivity contribution in [3.63, 3.8) is 0 Å². The second kappa shape index (κ2) is 22.3. The topological polar surface area (TPSA) is 88.2 Å². The number of hydrogen-bond donors (Lipinski definition) is 0. The Balaban J connectivity index is 0.785. The summed E-state index contributed by atoms with van der Waals surface area (Å²) in [5, 5.41) is 14.3. The maximum atomic E-state index is 9.46. The molecule has 0 aliphatic rings. The van der Waals surface area contributed by atoms with Gasteiger partial charge in [0.1, 0.15) is 0 Å². The summed E-state index contributed by atoms with van der Waals surface area (Å²) in [6.45, 7) is 0. The van der Waals surface area contributed by atoms with E-state index in [4.69, 9.17) is 19.9 Å². The second-order valence-corrected chi connectivity index (χ2v) is 24.0. The summed E-state index contributed by atoms with van der Waals surface area (Å²) in [5.74, 6) is 0. The standard InChI is InChI=1S/C80H48N6S2/c81-48-50-22-24-51(25-23-50)52-26-32-59(33-27-52)77-80(62-39-42-66-65-20-10-11-21-69(65)87-71(66)46-62)86-76(75(84-77)57-17-8-3-9-18-57)58-34-28-53(29-35-58)61-38-41-67-68-43-40-63(47-72(68)88-70(67)45-61)79-78(60-36-30-54(31-37-60)64-19-12-44-82-49-64)83-73(55-13-4-1-5-14-55)74(85-79)56-15-6-2-7-16-56/h1-47,49H. The third-order valence-corrected chi connectivity index (χ3v) is 18.7. The molecule has 16 rings (SSSR count). The Bertz CT molecular complexity index is 5330. The first kappa shape index (κ1) is 52.2. The van der Waals surface area contributed by atoms with Crippen LogP contribution in [0.1, 0.15) is 5.56 Å². The minimum atomic E-state index is 0.634. The highest BCUT2D eigenvalue weighted by atomic mass is 32.1. The van der Waals surface area contributed by atoms with Gasteiger partial charge in [0.25, 0.3) is 0 Å². The van der Waals surface area contributed by atoms with Gasteiger partial charge in [-0.3, -0.25) is 4.98 Å². The number of nitriles is 1. The van der Waals surface area contributed by atoms with Crippen molar-refractivity contribution in [2.24, 2.45) is 0 Å². The van der Waals surface area contributed by atoms with E-state index in [9.17, 15) is 5.26 Å². The second-order valence-electron chi connectivity index (χ2n) is 21.8. The van der Waals surface area contributed by atoms with E-state index >= 15 is 0 Å². The fourth-order valence-corrected chi connectivity index (χ4v) is 14.3. The van der Waals surface area contributed by atoms with Gasteiger partial charge in [-0.25, -0.2) is 19.9 Å². The zero-order valence-corrected chi connectivity index (χ0v) is 48.8. The van der Waals surface area contributed by atoms with Crippen molar-refractivity contribution in [1.82, 2.24) is 24.9 Å². The lowest BCUT2D eigenvalue weighted by molar-refractivity contribution is 1.22. The van der Waals surface area contributed by atoms with E-state index in [0.717, 1.165) is 123 Å². The molecule has 0 radical (unpaired) electrons. The Morgan fingerprint density at radius 3 is 0.955 bits per heavy atom. The molecule has 0 unspecified atom stereocenters. The van der Waals surface area contributed by atoms with E-state index in [0.29, 0.717) is 5.56 Å². The minimum absolute atomic E-state index is 0.634. The molecule has 0 bridgehead atoms. The molecule has 0 N–H and O–H groups in total. The molecular weight excluding hydrogens is 1110 g/mol. The van der Waals surface area contributed by atoms with Crippen LogP contribution in [0.3, 0.4) is 0 Å². The highest BCUT2D eigenvalue weighted by Gasteiger charge is 2.23. The monoisotopic (exact) mass is 1160 g/mol. The maximum Gasteiger partial charge on any atom is 0.0991 e. The molecule has 5 heterocycles. The van der Waals surface area contributed by atoms with E-state index in [2.05, 4.69) is 242 Å². The van der Waals surface area contributed by atoms with Gasteiger partial charge in [-0.15, -0.1) is 22.7 Å². The van der Waals surface area contributed by atoms with Crippen LogP contribution in [-0.4, -0.2) is 24.9 Å². The number of fused-ring (bicyclic) bond motifs is 6. The zero-order chi connectivity index (χ0) is 58.5. The summed E-state index contributed by atoms with van der Waals surface area (Å²) < 4.78 is 4.83. The van der Waals surface area contributed by atoms with Crippen molar-refractivity contribution in [3.8, 4) is 130 Å². The van der Waals surface area contributed by atoms with E-state index in [1.807, 2.05) is 54.7 Å². The third kappa shape index (κ3) is 9.67. The number of hydrogen-bond acceptors (Lipinski definition) is 8. The van der Waals surface area contributed by atoms with Crippen LogP contribution in [0.4, 0.5) is 0 Å². The molecule has 0 saturated carbocycles. The Kier molecular flexibility index (Phi) is 13.2. The Labute approximate surface area is 516 Å². The molecule has 0 atom stereocenters. The van der Waals surface area contributed by atoms with E-state index in [-0.39, 0.29) is 0 Å². The largest absolute Gasteiger partial charge is 0.264 e. The molecule has 8 heteroatoms. The lowest BCUT2D eigenvalue weighted by atomic mass is 9.96. The third-order valence-electron chi connectivity index (χ3n) is 16.5. The molecule has 6 nitrogen and oxygen atoms in total. The van der Waals surface area contributed by atoms with Gasteiger partial charge in [-0.05, 0) is 75.8 Å². The Morgan fingerprint density at radius 1 is 0.239 bits per heavy atom. The number of nitrogens with zero attached hydrogens (tertiary/aromatic N) is 6. The van der Waals surface area contributed by atoms with Crippen molar-refractivity contribution in [2.75, 3.05) is 0 Å². The summed E-state index contributed by atoms with van der Waals surface area (Å²) in [5.41, 5.74) is 21.5. The number of thiophene rings is 2. The highest BCUT2D eigenvalue weighted by molar-refractivity contribution is 7.26.